The zero-order valence-corrected chi connectivity index (χ0v) is 11.1. The van der Waals surface area contributed by atoms with Gasteiger partial charge in [-0.25, -0.2) is 0 Å². The molecule has 0 saturated carbocycles. The van der Waals surface area contributed by atoms with E-state index in [1.165, 1.54) is 5.56 Å². The van der Waals surface area contributed by atoms with Gasteiger partial charge in [0.2, 0.25) is 0 Å². The highest BCUT2D eigenvalue weighted by atomic mass is 32.1. The van der Waals surface area contributed by atoms with Crippen LogP contribution in [0.1, 0.15) is 12.5 Å². The molecule has 1 atom stereocenters. The Kier molecular flexibility index (Phi) is 4.55. The van der Waals surface area contributed by atoms with E-state index in [-0.39, 0.29) is 6.04 Å². The van der Waals surface area contributed by atoms with Crippen molar-refractivity contribution in [2.45, 2.75) is 19.4 Å². The van der Waals surface area contributed by atoms with E-state index in [1.807, 2.05) is 6.92 Å². The molecule has 0 aliphatic carbocycles. The van der Waals surface area contributed by atoms with Crippen LogP contribution < -0.4 is 0 Å². The molecule has 17 heavy (non-hydrogen) atoms. The van der Waals surface area contributed by atoms with Gasteiger partial charge >= 0.3 is 0 Å². The molecule has 4 heteroatoms. The SMILES string of the molecule is CC(C#N)N1CCN(CCc2ccsc2)CC1. The molecule has 1 aromatic rings. The van der Waals surface area contributed by atoms with Crippen LogP contribution in [-0.2, 0) is 6.42 Å². The number of nitriles is 1. The van der Waals surface area contributed by atoms with Gasteiger partial charge < -0.3 is 4.90 Å². The molecular formula is C13H19N3S. The molecular weight excluding hydrogens is 230 g/mol. The lowest BCUT2D eigenvalue weighted by Crippen LogP contribution is -2.49. The van der Waals surface area contributed by atoms with E-state index >= 15 is 0 Å². The Labute approximate surface area is 107 Å². The van der Waals surface area contributed by atoms with Crippen molar-refractivity contribution in [3.8, 4) is 6.07 Å². The average Bonchev–Trinajstić information content (AvgIpc) is 2.89. The fourth-order valence-corrected chi connectivity index (χ4v) is 2.88. The summed E-state index contributed by atoms with van der Waals surface area (Å²) < 4.78 is 0. The van der Waals surface area contributed by atoms with Gasteiger partial charge in [-0.05, 0) is 35.7 Å². The Bertz CT molecular complexity index is 361. The summed E-state index contributed by atoms with van der Waals surface area (Å²) in [5, 5.41) is 13.2. The first-order valence-electron chi connectivity index (χ1n) is 6.16. The predicted molar refractivity (Wildman–Crippen MR) is 71.1 cm³/mol. The minimum atomic E-state index is 0.0639. The van der Waals surface area contributed by atoms with Crippen molar-refractivity contribution in [1.82, 2.24) is 9.80 Å². The first kappa shape index (κ1) is 12.6. The van der Waals surface area contributed by atoms with E-state index in [0.29, 0.717) is 0 Å². The monoisotopic (exact) mass is 249 g/mol. The highest BCUT2D eigenvalue weighted by Gasteiger charge is 2.20. The second-order valence-corrected chi connectivity index (χ2v) is 5.34. The lowest BCUT2D eigenvalue weighted by atomic mass is 10.2. The fraction of sp³-hybridized carbons (Fsp3) is 0.615. The number of rotatable bonds is 4. The topological polar surface area (TPSA) is 30.3 Å². The Morgan fingerprint density at radius 3 is 2.76 bits per heavy atom. The van der Waals surface area contributed by atoms with Gasteiger partial charge in [0.1, 0.15) is 0 Å². The second-order valence-electron chi connectivity index (χ2n) is 4.56. The summed E-state index contributed by atoms with van der Waals surface area (Å²) in [6.07, 6.45) is 1.15. The van der Waals surface area contributed by atoms with Crippen molar-refractivity contribution in [2.24, 2.45) is 0 Å². The summed E-state index contributed by atoms with van der Waals surface area (Å²) in [5.74, 6) is 0. The molecule has 1 aromatic heterocycles. The number of nitrogens with zero attached hydrogens (tertiary/aromatic N) is 3. The van der Waals surface area contributed by atoms with Crippen LogP contribution >= 0.6 is 11.3 Å². The molecule has 3 nitrogen and oxygen atoms in total. The van der Waals surface area contributed by atoms with Crippen molar-refractivity contribution in [3.05, 3.63) is 22.4 Å². The highest BCUT2D eigenvalue weighted by molar-refractivity contribution is 7.07. The highest BCUT2D eigenvalue weighted by Crippen LogP contribution is 2.10. The minimum absolute atomic E-state index is 0.0639. The lowest BCUT2D eigenvalue weighted by molar-refractivity contribution is 0.120. The first-order valence-corrected chi connectivity index (χ1v) is 7.11. The normalized spacial score (nSPS) is 20.0. The molecule has 0 N–H and O–H groups in total. The smallest absolute Gasteiger partial charge is 0.0950 e. The van der Waals surface area contributed by atoms with Gasteiger partial charge in [-0.2, -0.15) is 16.6 Å². The van der Waals surface area contributed by atoms with Crippen molar-refractivity contribution < 1.29 is 0 Å². The molecule has 1 aliphatic heterocycles. The van der Waals surface area contributed by atoms with Crippen LogP contribution in [0.5, 0.6) is 0 Å². The molecule has 0 amide bonds. The maximum atomic E-state index is 8.88. The van der Waals surface area contributed by atoms with Gasteiger partial charge in [0.15, 0.2) is 0 Å². The van der Waals surface area contributed by atoms with Crippen LogP contribution in [-0.4, -0.2) is 48.6 Å². The second kappa shape index (κ2) is 6.15. The molecule has 2 rings (SSSR count). The Morgan fingerprint density at radius 2 is 2.18 bits per heavy atom. The summed E-state index contributed by atoms with van der Waals surface area (Å²) in [5.41, 5.74) is 1.45. The molecule has 0 radical (unpaired) electrons. The summed E-state index contributed by atoms with van der Waals surface area (Å²) in [7, 11) is 0. The third-order valence-corrected chi connectivity index (χ3v) is 4.17. The molecule has 1 saturated heterocycles. The molecule has 92 valence electrons. The van der Waals surface area contributed by atoms with E-state index in [0.717, 1.165) is 39.1 Å². The quantitative estimate of drug-likeness (QED) is 0.815. The van der Waals surface area contributed by atoms with Crippen LogP contribution in [0, 0.1) is 11.3 Å². The lowest BCUT2D eigenvalue weighted by Gasteiger charge is -2.35. The van der Waals surface area contributed by atoms with Crippen molar-refractivity contribution in [2.75, 3.05) is 32.7 Å². The summed E-state index contributed by atoms with van der Waals surface area (Å²) in [6.45, 7) is 7.37. The largest absolute Gasteiger partial charge is 0.300 e. The van der Waals surface area contributed by atoms with Gasteiger partial charge in [-0.15, -0.1) is 0 Å². The Hall–Kier alpha value is -0.890. The molecule has 0 bridgehead atoms. The van der Waals surface area contributed by atoms with Crippen LogP contribution in [0.3, 0.4) is 0 Å². The van der Waals surface area contributed by atoms with Gasteiger partial charge in [-0.1, -0.05) is 0 Å². The molecule has 0 spiro atoms. The fourth-order valence-electron chi connectivity index (χ4n) is 2.18. The van der Waals surface area contributed by atoms with Crippen molar-refractivity contribution in [1.29, 1.82) is 5.26 Å². The zero-order valence-electron chi connectivity index (χ0n) is 10.3. The van der Waals surface area contributed by atoms with Crippen LogP contribution in [0.2, 0.25) is 0 Å². The van der Waals surface area contributed by atoms with Gasteiger partial charge in [0.05, 0.1) is 12.1 Å². The van der Waals surface area contributed by atoms with E-state index in [4.69, 9.17) is 5.26 Å². The molecule has 1 aliphatic rings. The summed E-state index contributed by atoms with van der Waals surface area (Å²) in [4.78, 5) is 4.76. The summed E-state index contributed by atoms with van der Waals surface area (Å²) >= 11 is 1.77. The van der Waals surface area contributed by atoms with Gasteiger partial charge in [0.25, 0.3) is 0 Å². The van der Waals surface area contributed by atoms with Crippen molar-refractivity contribution >= 4 is 11.3 Å². The average molecular weight is 249 g/mol. The van der Waals surface area contributed by atoms with Crippen LogP contribution in [0.25, 0.3) is 0 Å². The third kappa shape index (κ3) is 3.53. The summed E-state index contributed by atoms with van der Waals surface area (Å²) in [6, 6.07) is 4.58. The number of hydrogen-bond acceptors (Lipinski definition) is 4. The number of thiophene rings is 1. The van der Waals surface area contributed by atoms with Crippen molar-refractivity contribution in [3.63, 3.8) is 0 Å². The molecule has 1 unspecified atom stereocenters. The van der Waals surface area contributed by atoms with E-state index in [2.05, 4.69) is 32.7 Å². The zero-order chi connectivity index (χ0) is 12.1. The maximum absolute atomic E-state index is 8.88. The Balaban J connectivity index is 1.71. The third-order valence-electron chi connectivity index (χ3n) is 3.44. The Morgan fingerprint density at radius 1 is 1.41 bits per heavy atom. The van der Waals surface area contributed by atoms with E-state index < -0.39 is 0 Å². The van der Waals surface area contributed by atoms with Crippen LogP contribution in [0.4, 0.5) is 0 Å². The number of hydrogen-bond donors (Lipinski definition) is 0. The predicted octanol–water partition coefficient (Wildman–Crippen LogP) is 1.82. The number of piperazine rings is 1. The first-order chi connectivity index (χ1) is 8.29. The molecule has 0 aromatic carbocycles. The van der Waals surface area contributed by atoms with E-state index in [1.54, 1.807) is 11.3 Å². The molecule has 1 fully saturated rings. The standard InChI is InChI=1S/C13H19N3S/c1-12(10-14)16-7-5-15(6-8-16)4-2-13-3-9-17-11-13/h3,9,11-12H,2,4-8H2,1H3. The molecule has 2 heterocycles. The van der Waals surface area contributed by atoms with E-state index in [9.17, 15) is 0 Å². The minimum Gasteiger partial charge on any atom is -0.300 e. The maximum Gasteiger partial charge on any atom is 0.0950 e. The van der Waals surface area contributed by atoms with Gasteiger partial charge in [-0.3, -0.25) is 4.90 Å². The van der Waals surface area contributed by atoms with Crippen LogP contribution in [0.15, 0.2) is 16.8 Å². The van der Waals surface area contributed by atoms with Gasteiger partial charge in [0, 0.05) is 32.7 Å².